The van der Waals surface area contributed by atoms with Gasteiger partial charge in [-0.05, 0) is 32.0 Å². The molecule has 0 aliphatic carbocycles. The topological polar surface area (TPSA) is 96.2 Å². The number of aromatic nitrogens is 4. The Hall–Kier alpha value is -2.56. The first kappa shape index (κ1) is 20.7. The van der Waals surface area contributed by atoms with Crippen LogP contribution in [-0.2, 0) is 13.1 Å². The standard InChI is InChI=1S/C20H23FN6O2S/c21-13-7-16-20(24-9-13)25-12-19(29)27(16)6-5-26-3-1-14(2-4-26)22-10-15-8-18(30)17(28)11-23-15/h7-9,11-12,14,22,28H,1-6,10H2,(H,23,30). The highest BCUT2D eigenvalue weighted by Crippen LogP contribution is 2.20. The van der Waals surface area contributed by atoms with Crippen LogP contribution in [0.3, 0.4) is 0 Å². The van der Waals surface area contributed by atoms with Gasteiger partial charge < -0.3 is 19.9 Å². The van der Waals surface area contributed by atoms with Crippen molar-refractivity contribution in [1.29, 1.82) is 0 Å². The molecule has 2 N–H and O–H groups in total. The molecule has 0 aromatic carbocycles. The lowest BCUT2D eigenvalue weighted by Crippen LogP contribution is -2.43. The number of hydrogen-bond acceptors (Lipinski definition) is 8. The van der Waals surface area contributed by atoms with Gasteiger partial charge in [0.25, 0.3) is 5.56 Å². The maximum atomic E-state index is 13.6. The maximum Gasteiger partial charge on any atom is 0.269 e. The van der Waals surface area contributed by atoms with Crippen LogP contribution < -0.4 is 10.9 Å². The smallest absolute Gasteiger partial charge is 0.269 e. The Labute approximate surface area is 178 Å². The highest BCUT2D eigenvalue weighted by atomic mass is 32.1. The molecule has 4 heterocycles. The number of nitrogens with zero attached hydrogens (tertiary/aromatic N) is 5. The van der Waals surface area contributed by atoms with E-state index in [1.807, 2.05) is 0 Å². The molecular formula is C20H23FN6O2S. The van der Waals surface area contributed by atoms with Crippen LogP contribution in [0.15, 0.2) is 40.4 Å². The molecule has 0 atom stereocenters. The molecule has 3 aromatic rings. The summed E-state index contributed by atoms with van der Waals surface area (Å²) in [7, 11) is 0. The van der Waals surface area contributed by atoms with E-state index in [9.17, 15) is 14.3 Å². The Bertz CT molecular complexity index is 1100. The van der Waals surface area contributed by atoms with E-state index in [0.717, 1.165) is 37.8 Å². The van der Waals surface area contributed by atoms with Crippen LogP contribution in [0, 0.1) is 5.82 Å². The summed E-state index contributed by atoms with van der Waals surface area (Å²) in [4.78, 5) is 27.2. The Kier molecular flexibility index (Phi) is 6.26. The largest absolute Gasteiger partial charge is 0.505 e. The van der Waals surface area contributed by atoms with E-state index in [1.165, 1.54) is 23.0 Å². The van der Waals surface area contributed by atoms with Gasteiger partial charge in [0.1, 0.15) is 11.6 Å². The molecule has 0 radical (unpaired) electrons. The van der Waals surface area contributed by atoms with Crippen LogP contribution in [-0.4, -0.2) is 55.2 Å². The lowest BCUT2D eigenvalue weighted by Gasteiger charge is -2.32. The van der Waals surface area contributed by atoms with Crippen molar-refractivity contribution in [2.45, 2.75) is 36.9 Å². The van der Waals surface area contributed by atoms with Gasteiger partial charge in [-0.25, -0.2) is 14.4 Å². The van der Waals surface area contributed by atoms with Gasteiger partial charge in [-0.15, -0.1) is 12.6 Å². The number of hydrogen-bond donors (Lipinski definition) is 3. The quantitative estimate of drug-likeness (QED) is 0.511. The Morgan fingerprint density at radius 3 is 2.67 bits per heavy atom. The van der Waals surface area contributed by atoms with Gasteiger partial charge in [-0.1, -0.05) is 0 Å². The minimum Gasteiger partial charge on any atom is -0.505 e. The number of thiol groups is 1. The first-order valence-electron chi connectivity index (χ1n) is 9.83. The van der Waals surface area contributed by atoms with E-state index in [4.69, 9.17) is 0 Å². The number of likely N-dealkylation sites (tertiary alicyclic amines) is 1. The third-order valence-corrected chi connectivity index (χ3v) is 5.74. The van der Waals surface area contributed by atoms with Gasteiger partial charge in [0.05, 0.1) is 29.8 Å². The van der Waals surface area contributed by atoms with Crippen molar-refractivity contribution in [3.63, 3.8) is 0 Å². The third kappa shape index (κ3) is 4.77. The minimum atomic E-state index is -0.483. The normalized spacial score (nSPS) is 15.7. The Morgan fingerprint density at radius 1 is 1.13 bits per heavy atom. The van der Waals surface area contributed by atoms with E-state index < -0.39 is 5.82 Å². The number of aromatic hydroxyl groups is 1. The fourth-order valence-electron chi connectivity index (χ4n) is 3.68. The second kappa shape index (κ2) is 9.07. The zero-order chi connectivity index (χ0) is 21.1. The van der Waals surface area contributed by atoms with E-state index in [1.54, 1.807) is 6.07 Å². The summed E-state index contributed by atoms with van der Waals surface area (Å²) in [5, 5.41) is 13.0. The molecule has 8 nitrogen and oxygen atoms in total. The van der Waals surface area contributed by atoms with Gasteiger partial charge in [0.15, 0.2) is 5.65 Å². The van der Waals surface area contributed by atoms with Crippen molar-refractivity contribution >= 4 is 23.8 Å². The molecule has 1 fully saturated rings. The van der Waals surface area contributed by atoms with Gasteiger partial charge in [-0.3, -0.25) is 9.78 Å². The average molecular weight is 431 g/mol. The van der Waals surface area contributed by atoms with Gasteiger partial charge in [0.2, 0.25) is 0 Å². The van der Waals surface area contributed by atoms with Crippen LogP contribution in [0.5, 0.6) is 5.75 Å². The van der Waals surface area contributed by atoms with Crippen LogP contribution in [0.4, 0.5) is 4.39 Å². The third-order valence-electron chi connectivity index (χ3n) is 5.39. The highest BCUT2D eigenvalue weighted by Gasteiger charge is 2.19. The van der Waals surface area contributed by atoms with Crippen molar-refractivity contribution in [1.82, 2.24) is 29.7 Å². The van der Waals surface area contributed by atoms with E-state index >= 15 is 0 Å². The van der Waals surface area contributed by atoms with E-state index in [2.05, 4.69) is 37.8 Å². The molecule has 1 aliphatic heterocycles. The molecule has 0 unspecified atom stereocenters. The average Bonchev–Trinajstić information content (AvgIpc) is 2.74. The number of rotatable bonds is 6. The molecule has 3 aromatic heterocycles. The lowest BCUT2D eigenvalue weighted by molar-refractivity contribution is 0.191. The van der Waals surface area contributed by atoms with Crippen LogP contribution in [0.2, 0.25) is 0 Å². The first-order valence-corrected chi connectivity index (χ1v) is 10.3. The molecule has 4 rings (SSSR count). The summed E-state index contributed by atoms with van der Waals surface area (Å²) in [6, 6.07) is 3.44. The fraction of sp³-hybridized carbons (Fsp3) is 0.400. The van der Waals surface area contributed by atoms with Gasteiger partial charge in [0, 0.05) is 36.6 Å². The van der Waals surface area contributed by atoms with Crippen molar-refractivity contribution in [3.8, 4) is 5.75 Å². The summed E-state index contributed by atoms with van der Waals surface area (Å²) < 4.78 is 15.1. The molecule has 158 valence electrons. The second-order valence-electron chi connectivity index (χ2n) is 7.41. The summed E-state index contributed by atoms with van der Waals surface area (Å²) in [6.45, 7) is 3.59. The summed E-state index contributed by atoms with van der Waals surface area (Å²) in [6.07, 6.45) is 5.71. The predicted octanol–water partition coefficient (Wildman–Crippen LogP) is 1.57. The van der Waals surface area contributed by atoms with E-state index in [-0.39, 0.29) is 11.3 Å². The molecule has 0 bridgehead atoms. The molecule has 0 amide bonds. The number of fused-ring (bicyclic) bond motifs is 1. The van der Waals surface area contributed by atoms with Gasteiger partial charge in [-0.2, -0.15) is 0 Å². The van der Waals surface area contributed by atoms with Gasteiger partial charge >= 0.3 is 0 Å². The SMILES string of the molecule is O=c1cnc2ncc(F)cc2n1CCN1CCC(NCc2cc(S)c(O)cn2)CC1. The fourth-order valence-corrected chi connectivity index (χ4v) is 3.89. The molecule has 0 saturated carbocycles. The van der Waals surface area contributed by atoms with Crippen LogP contribution in [0.25, 0.3) is 11.2 Å². The van der Waals surface area contributed by atoms with Crippen molar-refractivity contribution in [2.24, 2.45) is 0 Å². The lowest BCUT2D eigenvalue weighted by atomic mass is 10.0. The molecule has 30 heavy (non-hydrogen) atoms. The first-order chi connectivity index (χ1) is 14.5. The summed E-state index contributed by atoms with van der Waals surface area (Å²) in [5.41, 5.74) is 1.37. The molecule has 10 heteroatoms. The zero-order valence-electron chi connectivity index (χ0n) is 16.3. The van der Waals surface area contributed by atoms with Crippen LogP contribution in [0.1, 0.15) is 18.5 Å². The van der Waals surface area contributed by atoms with E-state index in [0.29, 0.717) is 41.7 Å². The number of piperidine rings is 1. The summed E-state index contributed by atoms with van der Waals surface area (Å²) in [5.74, 6) is -0.404. The predicted molar refractivity (Wildman–Crippen MR) is 113 cm³/mol. The Balaban J connectivity index is 1.30. The van der Waals surface area contributed by atoms with Crippen molar-refractivity contribution in [3.05, 3.63) is 52.6 Å². The zero-order valence-corrected chi connectivity index (χ0v) is 17.2. The second-order valence-corrected chi connectivity index (χ2v) is 7.89. The molecule has 1 aliphatic rings. The molecule has 0 spiro atoms. The minimum absolute atomic E-state index is 0.0787. The molecule has 1 saturated heterocycles. The number of pyridine rings is 2. The van der Waals surface area contributed by atoms with Crippen LogP contribution >= 0.6 is 12.6 Å². The monoisotopic (exact) mass is 430 g/mol. The number of halogens is 1. The highest BCUT2D eigenvalue weighted by molar-refractivity contribution is 7.80. The Morgan fingerprint density at radius 2 is 1.90 bits per heavy atom. The molecular weight excluding hydrogens is 407 g/mol. The number of nitrogens with one attached hydrogen (secondary N) is 1. The maximum absolute atomic E-state index is 13.6. The summed E-state index contributed by atoms with van der Waals surface area (Å²) >= 11 is 4.21. The van der Waals surface area contributed by atoms with Crippen molar-refractivity contribution in [2.75, 3.05) is 19.6 Å². The van der Waals surface area contributed by atoms with Crippen molar-refractivity contribution < 1.29 is 9.50 Å².